The van der Waals surface area contributed by atoms with Crippen LogP contribution in [0.3, 0.4) is 0 Å². The first-order chi connectivity index (χ1) is 10.6. The normalized spacial score (nSPS) is 10.8. The molecule has 2 N–H and O–H groups in total. The largest absolute Gasteiger partial charge is 0.439 e. The lowest BCUT2D eigenvalue weighted by Crippen LogP contribution is -2.28. The monoisotopic (exact) mass is 371 g/mol. The number of ether oxygens (including phenoxy) is 1. The molecule has 2 rings (SSSR count). The summed E-state index contributed by atoms with van der Waals surface area (Å²) < 4.78 is 5.65. The molecular formula is C17H23Cl2N3O2. The summed E-state index contributed by atoms with van der Waals surface area (Å²) in [4.78, 5) is 16.1. The van der Waals surface area contributed by atoms with Gasteiger partial charge in [-0.2, -0.15) is 0 Å². The van der Waals surface area contributed by atoms with Crippen molar-refractivity contribution in [2.75, 3.05) is 18.9 Å². The van der Waals surface area contributed by atoms with Crippen molar-refractivity contribution in [1.29, 1.82) is 0 Å². The first-order valence-electron chi connectivity index (χ1n) is 7.24. The summed E-state index contributed by atoms with van der Waals surface area (Å²) in [6.45, 7) is 4.52. The highest BCUT2D eigenvalue weighted by Gasteiger charge is 2.12. The molecule has 0 aliphatic carbocycles. The van der Waals surface area contributed by atoms with Gasteiger partial charge in [0.2, 0.25) is 11.8 Å². The SMILES string of the molecule is CNCC(C)C(=O)Nc1ccc(Oc2ccc(C)cc2)nc1.Cl.Cl. The molecule has 7 heteroatoms. The van der Waals surface area contributed by atoms with Gasteiger partial charge in [0, 0.05) is 18.5 Å². The van der Waals surface area contributed by atoms with Crippen molar-refractivity contribution in [2.45, 2.75) is 13.8 Å². The number of hydrogen-bond acceptors (Lipinski definition) is 4. The fourth-order valence-corrected chi connectivity index (χ4v) is 1.91. The number of rotatable bonds is 6. The maximum atomic E-state index is 11.9. The lowest BCUT2D eigenvalue weighted by Gasteiger charge is -2.11. The minimum Gasteiger partial charge on any atom is -0.439 e. The lowest BCUT2D eigenvalue weighted by atomic mass is 10.1. The predicted octanol–water partition coefficient (Wildman–Crippen LogP) is 3.82. The van der Waals surface area contributed by atoms with E-state index in [0.29, 0.717) is 18.1 Å². The third kappa shape index (κ3) is 6.74. The molecule has 1 atom stereocenters. The number of amides is 1. The summed E-state index contributed by atoms with van der Waals surface area (Å²) in [5.74, 6) is 1.08. The Morgan fingerprint density at radius 2 is 1.83 bits per heavy atom. The van der Waals surface area contributed by atoms with Crippen LogP contribution in [0, 0.1) is 12.8 Å². The first kappa shape index (κ1) is 22.2. The second kappa shape index (κ2) is 10.9. The molecule has 5 nitrogen and oxygen atoms in total. The number of aromatic nitrogens is 1. The van der Waals surface area contributed by atoms with Crippen molar-refractivity contribution < 1.29 is 9.53 Å². The van der Waals surface area contributed by atoms with Crippen molar-refractivity contribution in [2.24, 2.45) is 5.92 Å². The van der Waals surface area contributed by atoms with E-state index in [1.807, 2.05) is 45.2 Å². The Kier molecular flexibility index (Phi) is 10.0. The topological polar surface area (TPSA) is 63.2 Å². The summed E-state index contributed by atoms with van der Waals surface area (Å²) in [6.07, 6.45) is 1.59. The van der Waals surface area contributed by atoms with Crippen LogP contribution in [0.5, 0.6) is 11.6 Å². The molecule has 0 aliphatic heterocycles. The fourth-order valence-electron chi connectivity index (χ4n) is 1.91. The summed E-state index contributed by atoms with van der Waals surface area (Å²) in [5, 5.41) is 5.81. The quantitative estimate of drug-likeness (QED) is 0.809. The standard InChI is InChI=1S/C17H21N3O2.2ClH/c1-12-4-7-15(8-5-12)22-16-9-6-14(11-19-16)20-17(21)13(2)10-18-3;;/h4-9,11,13,18H,10H2,1-3H3,(H,20,21);2*1H. The molecule has 0 saturated heterocycles. The number of nitrogens with one attached hydrogen (secondary N) is 2. The van der Waals surface area contributed by atoms with E-state index in [4.69, 9.17) is 4.74 Å². The Morgan fingerprint density at radius 3 is 2.38 bits per heavy atom. The summed E-state index contributed by atoms with van der Waals surface area (Å²) in [5.41, 5.74) is 1.83. The van der Waals surface area contributed by atoms with Gasteiger partial charge in [-0.05, 0) is 32.2 Å². The Morgan fingerprint density at radius 1 is 1.17 bits per heavy atom. The minimum absolute atomic E-state index is 0. The third-order valence-electron chi connectivity index (χ3n) is 3.21. The fraction of sp³-hybridized carbons (Fsp3) is 0.294. The summed E-state index contributed by atoms with van der Waals surface area (Å²) in [7, 11) is 1.82. The molecule has 1 aromatic heterocycles. The number of benzene rings is 1. The minimum atomic E-state index is -0.103. The average molecular weight is 372 g/mol. The van der Waals surface area contributed by atoms with Crippen LogP contribution in [0.4, 0.5) is 5.69 Å². The Bertz CT molecular complexity index is 619. The molecular weight excluding hydrogens is 349 g/mol. The molecule has 0 saturated carbocycles. The van der Waals surface area contributed by atoms with E-state index in [9.17, 15) is 4.79 Å². The van der Waals surface area contributed by atoms with Gasteiger partial charge in [-0.15, -0.1) is 24.8 Å². The highest BCUT2D eigenvalue weighted by Crippen LogP contribution is 2.20. The van der Waals surface area contributed by atoms with E-state index in [1.54, 1.807) is 18.3 Å². The van der Waals surface area contributed by atoms with Crippen LogP contribution in [0.15, 0.2) is 42.6 Å². The van der Waals surface area contributed by atoms with Gasteiger partial charge in [-0.3, -0.25) is 4.79 Å². The molecule has 0 radical (unpaired) electrons. The second-order valence-corrected chi connectivity index (χ2v) is 5.25. The van der Waals surface area contributed by atoms with Crippen molar-refractivity contribution >= 4 is 36.4 Å². The van der Waals surface area contributed by atoms with Gasteiger partial charge in [0.05, 0.1) is 11.9 Å². The molecule has 1 aromatic carbocycles. The van der Waals surface area contributed by atoms with Crippen LogP contribution in [-0.4, -0.2) is 24.5 Å². The van der Waals surface area contributed by atoms with E-state index >= 15 is 0 Å². The van der Waals surface area contributed by atoms with Gasteiger partial charge in [-0.25, -0.2) is 4.98 Å². The smallest absolute Gasteiger partial charge is 0.228 e. The maximum Gasteiger partial charge on any atom is 0.228 e. The van der Waals surface area contributed by atoms with Gasteiger partial charge in [0.1, 0.15) is 5.75 Å². The Balaban J connectivity index is 0.00000264. The van der Waals surface area contributed by atoms with Crippen molar-refractivity contribution in [1.82, 2.24) is 10.3 Å². The third-order valence-corrected chi connectivity index (χ3v) is 3.21. The number of hydrogen-bond donors (Lipinski definition) is 2. The summed E-state index contributed by atoms with van der Waals surface area (Å²) in [6, 6.07) is 11.3. The van der Waals surface area contributed by atoms with E-state index in [2.05, 4.69) is 15.6 Å². The van der Waals surface area contributed by atoms with E-state index in [-0.39, 0.29) is 36.6 Å². The molecule has 1 unspecified atom stereocenters. The van der Waals surface area contributed by atoms with Crippen LogP contribution >= 0.6 is 24.8 Å². The molecule has 0 aliphatic rings. The maximum absolute atomic E-state index is 11.9. The van der Waals surface area contributed by atoms with Crippen molar-refractivity contribution in [3.05, 3.63) is 48.2 Å². The zero-order chi connectivity index (χ0) is 15.9. The zero-order valence-corrected chi connectivity index (χ0v) is 15.5. The highest BCUT2D eigenvalue weighted by atomic mass is 35.5. The molecule has 24 heavy (non-hydrogen) atoms. The van der Waals surface area contributed by atoms with Gasteiger partial charge in [-0.1, -0.05) is 24.6 Å². The summed E-state index contributed by atoms with van der Waals surface area (Å²) >= 11 is 0. The van der Waals surface area contributed by atoms with E-state index in [0.717, 1.165) is 5.75 Å². The predicted molar refractivity (Wildman–Crippen MR) is 102 cm³/mol. The van der Waals surface area contributed by atoms with Crippen LogP contribution < -0.4 is 15.4 Å². The molecule has 132 valence electrons. The van der Waals surface area contributed by atoms with Crippen molar-refractivity contribution in [3.8, 4) is 11.6 Å². The van der Waals surface area contributed by atoms with Crippen LogP contribution in [0.1, 0.15) is 12.5 Å². The number of halogens is 2. The first-order valence-corrected chi connectivity index (χ1v) is 7.24. The number of carbonyl (C=O) groups is 1. The zero-order valence-electron chi connectivity index (χ0n) is 13.9. The van der Waals surface area contributed by atoms with Gasteiger partial charge in [0.15, 0.2) is 0 Å². The van der Waals surface area contributed by atoms with E-state index < -0.39 is 0 Å². The number of anilines is 1. The second-order valence-electron chi connectivity index (χ2n) is 5.25. The Hall–Kier alpha value is -1.82. The average Bonchev–Trinajstić information content (AvgIpc) is 2.51. The molecule has 2 aromatic rings. The van der Waals surface area contributed by atoms with Crippen LogP contribution in [-0.2, 0) is 4.79 Å². The van der Waals surface area contributed by atoms with Crippen LogP contribution in [0.2, 0.25) is 0 Å². The van der Waals surface area contributed by atoms with Gasteiger partial charge in [0.25, 0.3) is 0 Å². The highest BCUT2D eigenvalue weighted by molar-refractivity contribution is 5.92. The number of pyridine rings is 1. The van der Waals surface area contributed by atoms with E-state index in [1.165, 1.54) is 5.56 Å². The molecule has 1 amide bonds. The van der Waals surface area contributed by atoms with Gasteiger partial charge < -0.3 is 15.4 Å². The molecule has 0 spiro atoms. The number of nitrogens with zero attached hydrogens (tertiary/aromatic N) is 1. The molecule has 0 bridgehead atoms. The van der Waals surface area contributed by atoms with Crippen LogP contribution in [0.25, 0.3) is 0 Å². The number of carbonyl (C=O) groups excluding carboxylic acids is 1. The molecule has 0 fully saturated rings. The Labute approximate surface area is 155 Å². The molecule has 1 heterocycles. The lowest BCUT2D eigenvalue weighted by molar-refractivity contribution is -0.119. The number of aryl methyl sites for hydroxylation is 1. The van der Waals surface area contributed by atoms with Crippen molar-refractivity contribution in [3.63, 3.8) is 0 Å². The van der Waals surface area contributed by atoms with Gasteiger partial charge >= 0.3 is 0 Å².